The minimum Gasteiger partial charge on any atom is -0.299 e. The van der Waals surface area contributed by atoms with E-state index < -0.39 is 5.92 Å². The molecule has 0 aliphatic heterocycles. The summed E-state index contributed by atoms with van der Waals surface area (Å²) in [6.07, 6.45) is 4.86. The Kier molecular flexibility index (Phi) is 3.08. The lowest BCUT2D eigenvalue weighted by atomic mass is 9.76. The number of ketones is 1. The van der Waals surface area contributed by atoms with Crippen molar-refractivity contribution in [3.05, 3.63) is 0 Å². The number of halogens is 2. The van der Waals surface area contributed by atoms with E-state index in [0.29, 0.717) is 12.8 Å². The predicted molar refractivity (Wildman–Crippen MR) is 53.9 cm³/mol. The molecule has 0 N–H and O–H groups in total. The average molecular weight is 216 g/mol. The van der Waals surface area contributed by atoms with Crippen LogP contribution in [-0.2, 0) is 4.79 Å². The van der Waals surface area contributed by atoms with Crippen LogP contribution >= 0.6 is 0 Å². The Morgan fingerprint density at radius 2 is 1.93 bits per heavy atom. The number of hydrogen-bond donors (Lipinski definition) is 0. The summed E-state index contributed by atoms with van der Waals surface area (Å²) >= 11 is 0. The summed E-state index contributed by atoms with van der Waals surface area (Å²) in [6.45, 7) is 0. The van der Waals surface area contributed by atoms with Crippen LogP contribution in [-0.4, -0.2) is 11.7 Å². The fourth-order valence-electron chi connectivity index (χ4n) is 2.63. The standard InChI is InChI=1S/C12H18F2O/c13-12(14)6-2-3-9(8-12)7-11(15)10-4-1-5-10/h9-10H,1-8H2. The smallest absolute Gasteiger partial charge is 0.248 e. The second-order valence-electron chi connectivity index (χ2n) is 5.12. The summed E-state index contributed by atoms with van der Waals surface area (Å²) in [5.74, 6) is -2.12. The molecule has 0 saturated heterocycles. The van der Waals surface area contributed by atoms with Crippen molar-refractivity contribution in [2.24, 2.45) is 11.8 Å². The van der Waals surface area contributed by atoms with Crippen molar-refractivity contribution in [2.45, 2.75) is 57.3 Å². The van der Waals surface area contributed by atoms with Crippen molar-refractivity contribution in [2.75, 3.05) is 0 Å². The maximum Gasteiger partial charge on any atom is 0.248 e. The second-order valence-corrected chi connectivity index (χ2v) is 5.12. The normalized spacial score (nSPS) is 30.9. The van der Waals surface area contributed by atoms with E-state index in [2.05, 4.69) is 0 Å². The van der Waals surface area contributed by atoms with Crippen LogP contribution in [0.5, 0.6) is 0 Å². The van der Waals surface area contributed by atoms with E-state index in [1.54, 1.807) is 0 Å². The zero-order chi connectivity index (χ0) is 10.9. The van der Waals surface area contributed by atoms with Gasteiger partial charge in [0.15, 0.2) is 0 Å². The van der Waals surface area contributed by atoms with Gasteiger partial charge < -0.3 is 0 Å². The molecule has 2 saturated carbocycles. The first kappa shape index (κ1) is 11.0. The third kappa shape index (κ3) is 2.76. The van der Waals surface area contributed by atoms with E-state index in [-0.39, 0.29) is 30.5 Å². The first-order valence-electron chi connectivity index (χ1n) is 5.97. The zero-order valence-electron chi connectivity index (χ0n) is 8.98. The van der Waals surface area contributed by atoms with E-state index in [0.717, 1.165) is 25.7 Å². The molecule has 0 aromatic rings. The molecular weight excluding hydrogens is 198 g/mol. The van der Waals surface area contributed by atoms with E-state index in [4.69, 9.17) is 0 Å². The molecule has 2 fully saturated rings. The molecule has 0 amide bonds. The highest BCUT2D eigenvalue weighted by atomic mass is 19.3. The summed E-state index contributed by atoms with van der Waals surface area (Å²) in [5, 5.41) is 0. The van der Waals surface area contributed by atoms with Gasteiger partial charge in [0.1, 0.15) is 5.78 Å². The summed E-state index contributed by atoms with van der Waals surface area (Å²) in [4.78, 5) is 11.7. The Morgan fingerprint density at radius 1 is 1.20 bits per heavy atom. The predicted octanol–water partition coefficient (Wildman–Crippen LogP) is 3.57. The SMILES string of the molecule is O=C(CC1CCCC(F)(F)C1)C1CCC1. The molecule has 86 valence electrons. The molecule has 15 heavy (non-hydrogen) atoms. The van der Waals surface area contributed by atoms with Gasteiger partial charge in [-0.1, -0.05) is 6.42 Å². The van der Waals surface area contributed by atoms with Crippen molar-refractivity contribution in [3.63, 3.8) is 0 Å². The van der Waals surface area contributed by atoms with E-state index >= 15 is 0 Å². The molecule has 0 radical (unpaired) electrons. The van der Waals surface area contributed by atoms with Gasteiger partial charge in [-0.3, -0.25) is 4.79 Å². The number of carbonyl (C=O) groups is 1. The van der Waals surface area contributed by atoms with Crippen LogP contribution in [0.25, 0.3) is 0 Å². The third-order valence-corrected chi connectivity index (χ3v) is 3.79. The quantitative estimate of drug-likeness (QED) is 0.704. The molecule has 3 heteroatoms. The molecule has 2 rings (SSSR count). The lowest BCUT2D eigenvalue weighted by Gasteiger charge is -2.31. The van der Waals surface area contributed by atoms with Gasteiger partial charge in [-0.15, -0.1) is 0 Å². The van der Waals surface area contributed by atoms with Crippen molar-refractivity contribution >= 4 is 5.78 Å². The number of carbonyl (C=O) groups excluding carboxylic acids is 1. The summed E-state index contributed by atoms with van der Waals surface area (Å²) in [5.41, 5.74) is 0. The fraction of sp³-hybridized carbons (Fsp3) is 0.917. The fourth-order valence-corrected chi connectivity index (χ4v) is 2.63. The second kappa shape index (κ2) is 4.18. The summed E-state index contributed by atoms with van der Waals surface area (Å²) < 4.78 is 26.2. The van der Waals surface area contributed by atoms with E-state index in [1.165, 1.54) is 0 Å². The number of alkyl halides is 2. The highest BCUT2D eigenvalue weighted by Crippen LogP contribution is 2.39. The van der Waals surface area contributed by atoms with E-state index in [1.807, 2.05) is 0 Å². The average Bonchev–Trinajstić information content (AvgIpc) is 1.97. The molecular formula is C12H18F2O. The van der Waals surface area contributed by atoms with Crippen LogP contribution in [0.4, 0.5) is 8.78 Å². The molecule has 0 bridgehead atoms. The van der Waals surface area contributed by atoms with Crippen LogP contribution in [0, 0.1) is 11.8 Å². The van der Waals surface area contributed by atoms with Crippen molar-refractivity contribution < 1.29 is 13.6 Å². The van der Waals surface area contributed by atoms with Gasteiger partial charge in [-0.25, -0.2) is 8.78 Å². The van der Waals surface area contributed by atoms with Crippen LogP contribution in [0.15, 0.2) is 0 Å². The minimum absolute atomic E-state index is 0.0150. The monoisotopic (exact) mass is 216 g/mol. The highest BCUT2D eigenvalue weighted by Gasteiger charge is 2.38. The number of rotatable bonds is 3. The van der Waals surface area contributed by atoms with Crippen molar-refractivity contribution in [1.29, 1.82) is 0 Å². The highest BCUT2D eigenvalue weighted by molar-refractivity contribution is 5.81. The van der Waals surface area contributed by atoms with Crippen LogP contribution in [0.3, 0.4) is 0 Å². The first-order chi connectivity index (χ1) is 7.07. The summed E-state index contributed by atoms with van der Waals surface area (Å²) in [6, 6.07) is 0. The molecule has 1 unspecified atom stereocenters. The first-order valence-corrected chi connectivity index (χ1v) is 5.97. The van der Waals surface area contributed by atoms with Crippen LogP contribution < -0.4 is 0 Å². The van der Waals surface area contributed by atoms with Gasteiger partial charge in [-0.05, 0) is 31.6 Å². The summed E-state index contributed by atoms with van der Waals surface area (Å²) in [7, 11) is 0. The topological polar surface area (TPSA) is 17.1 Å². The van der Waals surface area contributed by atoms with Crippen molar-refractivity contribution in [1.82, 2.24) is 0 Å². The molecule has 2 aliphatic rings. The minimum atomic E-state index is -2.51. The molecule has 1 atom stereocenters. The Bertz CT molecular complexity index is 246. The Morgan fingerprint density at radius 3 is 2.47 bits per heavy atom. The van der Waals surface area contributed by atoms with Crippen LogP contribution in [0.1, 0.15) is 51.4 Å². The number of hydrogen-bond acceptors (Lipinski definition) is 1. The third-order valence-electron chi connectivity index (χ3n) is 3.79. The van der Waals surface area contributed by atoms with Crippen molar-refractivity contribution in [3.8, 4) is 0 Å². The van der Waals surface area contributed by atoms with Crippen LogP contribution in [0.2, 0.25) is 0 Å². The van der Waals surface area contributed by atoms with Gasteiger partial charge in [0, 0.05) is 25.2 Å². The lowest BCUT2D eigenvalue weighted by Crippen LogP contribution is -2.30. The zero-order valence-corrected chi connectivity index (χ0v) is 8.98. The maximum absolute atomic E-state index is 13.1. The number of Topliss-reactive ketones (excluding diaryl/α,β-unsaturated/α-hetero) is 1. The molecule has 0 aromatic carbocycles. The maximum atomic E-state index is 13.1. The van der Waals surface area contributed by atoms with E-state index in [9.17, 15) is 13.6 Å². The molecule has 1 nitrogen and oxygen atoms in total. The molecule has 0 aromatic heterocycles. The van der Waals surface area contributed by atoms with Gasteiger partial charge in [0.05, 0.1) is 0 Å². The Hall–Kier alpha value is -0.470. The largest absolute Gasteiger partial charge is 0.299 e. The van der Waals surface area contributed by atoms with Gasteiger partial charge in [0.2, 0.25) is 5.92 Å². The molecule has 0 spiro atoms. The lowest BCUT2D eigenvalue weighted by molar-refractivity contribution is -0.127. The Balaban J connectivity index is 1.80. The molecule has 2 aliphatic carbocycles. The Labute approximate surface area is 89.2 Å². The van der Waals surface area contributed by atoms with Gasteiger partial charge in [0.25, 0.3) is 0 Å². The van der Waals surface area contributed by atoms with Gasteiger partial charge in [-0.2, -0.15) is 0 Å². The molecule has 0 heterocycles. The van der Waals surface area contributed by atoms with Gasteiger partial charge >= 0.3 is 0 Å².